The SMILES string of the molecule is CCOC(=O)CN(C)CC(CN)C(F)(F)F. The number of halogens is 3. The molecule has 0 amide bonds. The predicted octanol–water partition coefficient (Wildman–Crippen LogP) is 0.618. The molecule has 0 spiro atoms. The zero-order valence-electron chi connectivity index (χ0n) is 9.38. The van der Waals surface area contributed by atoms with Gasteiger partial charge in [-0.1, -0.05) is 0 Å². The van der Waals surface area contributed by atoms with Crippen molar-refractivity contribution in [3.8, 4) is 0 Å². The predicted molar refractivity (Wildman–Crippen MR) is 52.7 cm³/mol. The van der Waals surface area contributed by atoms with E-state index in [4.69, 9.17) is 5.73 Å². The Balaban J connectivity index is 4.11. The van der Waals surface area contributed by atoms with Gasteiger partial charge in [-0.2, -0.15) is 13.2 Å². The Hall–Kier alpha value is -0.820. The van der Waals surface area contributed by atoms with E-state index in [0.29, 0.717) is 0 Å². The van der Waals surface area contributed by atoms with Gasteiger partial charge in [0.05, 0.1) is 19.1 Å². The van der Waals surface area contributed by atoms with Crippen LogP contribution >= 0.6 is 0 Å². The first-order valence-electron chi connectivity index (χ1n) is 4.92. The average Bonchev–Trinajstić information content (AvgIpc) is 2.12. The molecule has 0 aromatic heterocycles. The summed E-state index contributed by atoms with van der Waals surface area (Å²) in [6, 6.07) is 0. The summed E-state index contributed by atoms with van der Waals surface area (Å²) in [4.78, 5) is 12.2. The van der Waals surface area contributed by atoms with Gasteiger partial charge in [0.1, 0.15) is 0 Å². The molecule has 0 radical (unpaired) electrons. The number of carbonyl (C=O) groups is 1. The van der Waals surface area contributed by atoms with E-state index < -0.39 is 24.6 Å². The standard InChI is InChI=1S/C9H17F3N2O2/c1-3-16-8(15)6-14(2)5-7(4-13)9(10,11)12/h7H,3-6,13H2,1-2H3. The Morgan fingerprint density at radius 1 is 1.50 bits per heavy atom. The lowest BCUT2D eigenvalue weighted by molar-refractivity contribution is -0.176. The van der Waals surface area contributed by atoms with Crippen molar-refractivity contribution in [1.29, 1.82) is 0 Å². The van der Waals surface area contributed by atoms with E-state index in [9.17, 15) is 18.0 Å². The summed E-state index contributed by atoms with van der Waals surface area (Å²) in [5.41, 5.74) is 5.03. The fourth-order valence-electron chi connectivity index (χ4n) is 1.18. The lowest BCUT2D eigenvalue weighted by atomic mass is 10.1. The molecule has 0 aliphatic rings. The maximum Gasteiger partial charge on any atom is 0.394 e. The van der Waals surface area contributed by atoms with Crippen molar-refractivity contribution in [1.82, 2.24) is 4.90 Å². The van der Waals surface area contributed by atoms with Crippen LogP contribution in [0.15, 0.2) is 0 Å². The molecule has 0 fully saturated rings. The third-order valence-electron chi connectivity index (χ3n) is 1.98. The van der Waals surface area contributed by atoms with Crippen molar-refractivity contribution in [3.05, 3.63) is 0 Å². The highest BCUT2D eigenvalue weighted by molar-refractivity contribution is 5.71. The molecule has 0 saturated carbocycles. The Morgan fingerprint density at radius 3 is 2.44 bits per heavy atom. The van der Waals surface area contributed by atoms with E-state index in [-0.39, 0.29) is 19.7 Å². The number of likely N-dealkylation sites (N-methyl/N-ethyl adjacent to an activating group) is 1. The second-order valence-corrected chi connectivity index (χ2v) is 3.48. The molecule has 16 heavy (non-hydrogen) atoms. The molecule has 0 bridgehead atoms. The first-order chi connectivity index (χ1) is 7.31. The second-order valence-electron chi connectivity index (χ2n) is 3.48. The van der Waals surface area contributed by atoms with Crippen LogP contribution in [-0.2, 0) is 9.53 Å². The van der Waals surface area contributed by atoms with Gasteiger partial charge in [0.2, 0.25) is 0 Å². The van der Waals surface area contributed by atoms with Gasteiger partial charge >= 0.3 is 12.1 Å². The molecule has 1 unspecified atom stereocenters. The molecule has 0 rings (SSSR count). The molecular weight excluding hydrogens is 225 g/mol. The van der Waals surface area contributed by atoms with E-state index in [1.807, 2.05) is 0 Å². The zero-order valence-corrected chi connectivity index (χ0v) is 9.38. The van der Waals surface area contributed by atoms with Crippen LogP contribution in [0.2, 0.25) is 0 Å². The van der Waals surface area contributed by atoms with Crippen LogP contribution in [0.1, 0.15) is 6.92 Å². The Kier molecular flexibility index (Phi) is 6.35. The van der Waals surface area contributed by atoms with Crippen LogP contribution in [0.3, 0.4) is 0 Å². The van der Waals surface area contributed by atoms with Crippen molar-refractivity contribution < 1.29 is 22.7 Å². The summed E-state index contributed by atoms with van der Waals surface area (Å²) >= 11 is 0. The van der Waals surface area contributed by atoms with Crippen molar-refractivity contribution in [2.24, 2.45) is 11.7 Å². The summed E-state index contributed by atoms with van der Waals surface area (Å²) in [5, 5.41) is 0. The number of nitrogens with zero attached hydrogens (tertiary/aromatic N) is 1. The summed E-state index contributed by atoms with van der Waals surface area (Å²) in [6.45, 7) is 0.887. The maximum absolute atomic E-state index is 12.3. The van der Waals surface area contributed by atoms with E-state index >= 15 is 0 Å². The molecule has 0 saturated heterocycles. The third kappa shape index (κ3) is 5.92. The molecule has 7 heteroatoms. The quantitative estimate of drug-likeness (QED) is 0.694. The number of nitrogens with two attached hydrogens (primary N) is 1. The van der Waals surface area contributed by atoms with Crippen LogP contribution in [0.5, 0.6) is 0 Å². The van der Waals surface area contributed by atoms with Gasteiger partial charge in [-0.15, -0.1) is 0 Å². The monoisotopic (exact) mass is 242 g/mol. The van der Waals surface area contributed by atoms with E-state index in [1.165, 1.54) is 11.9 Å². The van der Waals surface area contributed by atoms with Gasteiger partial charge < -0.3 is 10.5 Å². The average molecular weight is 242 g/mol. The molecule has 4 nitrogen and oxygen atoms in total. The van der Waals surface area contributed by atoms with Crippen LogP contribution in [0, 0.1) is 5.92 Å². The Labute approximate surface area is 92.5 Å². The lowest BCUT2D eigenvalue weighted by Gasteiger charge is -2.24. The summed E-state index contributed by atoms with van der Waals surface area (Å²) < 4.78 is 41.7. The molecule has 0 heterocycles. The molecule has 0 aliphatic carbocycles. The number of hydrogen-bond donors (Lipinski definition) is 1. The van der Waals surface area contributed by atoms with Crippen molar-refractivity contribution >= 4 is 5.97 Å². The molecule has 96 valence electrons. The van der Waals surface area contributed by atoms with E-state index in [2.05, 4.69) is 4.74 Å². The largest absolute Gasteiger partial charge is 0.465 e. The zero-order chi connectivity index (χ0) is 12.8. The minimum absolute atomic E-state index is 0.166. The van der Waals surface area contributed by atoms with Crippen molar-refractivity contribution in [2.75, 3.05) is 33.3 Å². The fourth-order valence-corrected chi connectivity index (χ4v) is 1.18. The Bertz CT molecular complexity index is 221. The number of hydrogen-bond acceptors (Lipinski definition) is 4. The minimum atomic E-state index is -4.34. The topological polar surface area (TPSA) is 55.6 Å². The molecule has 0 aromatic rings. The highest BCUT2D eigenvalue weighted by Gasteiger charge is 2.39. The number of esters is 1. The third-order valence-corrected chi connectivity index (χ3v) is 1.98. The number of rotatable bonds is 6. The minimum Gasteiger partial charge on any atom is -0.465 e. The first kappa shape index (κ1) is 15.2. The summed E-state index contributed by atoms with van der Waals surface area (Å²) in [6.07, 6.45) is -4.34. The van der Waals surface area contributed by atoms with Crippen LogP contribution in [0.4, 0.5) is 13.2 Å². The van der Waals surface area contributed by atoms with Crippen LogP contribution in [-0.4, -0.2) is 50.3 Å². The van der Waals surface area contributed by atoms with Crippen molar-refractivity contribution in [3.63, 3.8) is 0 Å². The molecule has 2 N–H and O–H groups in total. The van der Waals surface area contributed by atoms with Crippen LogP contribution in [0.25, 0.3) is 0 Å². The fraction of sp³-hybridized carbons (Fsp3) is 0.889. The van der Waals surface area contributed by atoms with Gasteiger partial charge in [0.25, 0.3) is 0 Å². The summed E-state index contributed by atoms with van der Waals surface area (Å²) in [7, 11) is 1.42. The summed E-state index contributed by atoms with van der Waals surface area (Å²) in [5.74, 6) is -2.16. The highest BCUT2D eigenvalue weighted by Crippen LogP contribution is 2.25. The lowest BCUT2D eigenvalue weighted by Crippen LogP contribution is -2.41. The molecular formula is C9H17F3N2O2. The van der Waals surface area contributed by atoms with Gasteiger partial charge in [0, 0.05) is 13.1 Å². The molecule has 1 atom stereocenters. The maximum atomic E-state index is 12.3. The smallest absolute Gasteiger partial charge is 0.394 e. The number of alkyl halides is 3. The van der Waals surface area contributed by atoms with Gasteiger partial charge in [-0.25, -0.2) is 0 Å². The Morgan fingerprint density at radius 2 is 2.06 bits per heavy atom. The number of ether oxygens (including phenoxy) is 1. The first-order valence-corrected chi connectivity index (χ1v) is 4.92. The molecule has 0 aliphatic heterocycles. The highest BCUT2D eigenvalue weighted by atomic mass is 19.4. The molecule has 0 aromatic carbocycles. The second kappa shape index (κ2) is 6.70. The van der Waals surface area contributed by atoms with Crippen LogP contribution < -0.4 is 5.73 Å². The van der Waals surface area contributed by atoms with Crippen molar-refractivity contribution in [2.45, 2.75) is 13.1 Å². The van der Waals surface area contributed by atoms with E-state index in [0.717, 1.165) is 0 Å². The number of carbonyl (C=O) groups excluding carboxylic acids is 1. The van der Waals surface area contributed by atoms with Gasteiger partial charge in [-0.05, 0) is 14.0 Å². The normalized spacial score (nSPS) is 13.9. The van der Waals surface area contributed by atoms with Gasteiger partial charge in [-0.3, -0.25) is 9.69 Å². The van der Waals surface area contributed by atoms with Gasteiger partial charge in [0.15, 0.2) is 0 Å². The van der Waals surface area contributed by atoms with E-state index in [1.54, 1.807) is 6.92 Å².